The van der Waals surface area contributed by atoms with Crippen molar-refractivity contribution in [2.45, 2.75) is 32.2 Å². The second-order valence-electron chi connectivity index (χ2n) is 4.37. The molecule has 1 aromatic carbocycles. The van der Waals surface area contributed by atoms with E-state index in [0.717, 1.165) is 25.2 Å². The molecule has 0 fully saturated rings. The van der Waals surface area contributed by atoms with E-state index in [4.69, 9.17) is 11.6 Å². The predicted molar refractivity (Wildman–Crippen MR) is 73.9 cm³/mol. The number of aromatic nitrogens is 3. The average Bonchev–Trinajstić information content (AvgIpc) is 2.85. The highest BCUT2D eigenvalue weighted by Crippen LogP contribution is 2.21. The molecule has 0 N–H and O–H groups in total. The number of alkyl halides is 1. The molecule has 0 amide bonds. The van der Waals surface area contributed by atoms with Crippen molar-refractivity contribution in [3.05, 3.63) is 48.0 Å². The zero-order valence-electron chi connectivity index (χ0n) is 10.6. The van der Waals surface area contributed by atoms with E-state index in [-0.39, 0.29) is 0 Å². The number of aryl methyl sites for hydroxylation is 1. The van der Waals surface area contributed by atoms with Crippen molar-refractivity contribution in [3.8, 4) is 0 Å². The number of hydrogen-bond acceptors (Lipinski definition) is 2. The molecule has 0 radical (unpaired) electrons. The first-order chi connectivity index (χ1) is 8.85. The maximum atomic E-state index is 6.09. The summed E-state index contributed by atoms with van der Waals surface area (Å²) in [6.45, 7) is 3.06. The summed E-state index contributed by atoms with van der Waals surface area (Å²) in [4.78, 5) is 4.34. The van der Waals surface area contributed by atoms with Crippen molar-refractivity contribution in [2.75, 3.05) is 5.88 Å². The quantitative estimate of drug-likeness (QED) is 0.749. The lowest BCUT2D eigenvalue weighted by Gasteiger charge is -2.14. The van der Waals surface area contributed by atoms with Crippen LogP contribution in [-0.2, 0) is 13.0 Å². The van der Waals surface area contributed by atoms with Crippen LogP contribution in [-0.4, -0.2) is 20.6 Å². The van der Waals surface area contributed by atoms with Crippen LogP contribution < -0.4 is 0 Å². The second-order valence-corrected chi connectivity index (χ2v) is 4.67. The summed E-state index contributed by atoms with van der Waals surface area (Å²) in [7, 11) is 0. The van der Waals surface area contributed by atoms with Crippen molar-refractivity contribution in [2.24, 2.45) is 0 Å². The molecule has 4 heteroatoms. The number of hydrogen-bond donors (Lipinski definition) is 0. The van der Waals surface area contributed by atoms with E-state index in [9.17, 15) is 0 Å². The maximum absolute atomic E-state index is 6.09. The molecule has 0 aliphatic heterocycles. The molecule has 0 saturated heterocycles. The molecule has 3 nitrogen and oxygen atoms in total. The Morgan fingerprint density at radius 3 is 2.72 bits per heavy atom. The Bertz CT molecular complexity index is 467. The molecule has 1 heterocycles. The van der Waals surface area contributed by atoms with Gasteiger partial charge in [-0.2, -0.15) is 5.10 Å². The van der Waals surface area contributed by atoms with Crippen LogP contribution in [0.15, 0.2) is 36.7 Å². The molecule has 0 aliphatic carbocycles. The van der Waals surface area contributed by atoms with Crippen LogP contribution in [0, 0.1) is 0 Å². The van der Waals surface area contributed by atoms with Gasteiger partial charge in [0.25, 0.3) is 0 Å². The lowest BCUT2D eigenvalue weighted by atomic mass is 9.97. The fourth-order valence-corrected chi connectivity index (χ4v) is 2.34. The summed E-state index contributed by atoms with van der Waals surface area (Å²) < 4.78 is 1.97. The number of nitrogens with zero attached hydrogens (tertiary/aromatic N) is 3. The van der Waals surface area contributed by atoms with E-state index in [0.29, 0.717) is 11.8 Å². The van der Waals surface area contributed by atoms with Crippen LogP contribution >= 0.6 is 11.6 Å². The van der Waals surface area contributed by atoms with Crippen molar-refractivity contribution >= 4 is 11.6 Å². The van der Waals surface area contributed by atoms with Crippen molar-refractivity contribution in [1.82, 2.24) is 14.8 Å². The van der Waals surface area contributed by atoms with Gasteiger partial charge < -0.3 is 0 Å². The monoisotopic (exact) mass is 263 g/mol. The first kappa shape index (κ1) is 13.1. The SMILES string of the molecule is CCCn1ncnc1CC(CCl)c1ccccc1. The molecule has 1 aromatic heterocycles. The second kappa shape index (κ2) is 6.55. The fourth-order valence-electron chi connectivity index (χ4n) is 2.05. The number of halogens is 1. The van der Waals surface area contributed by atoms with Crippen LogP contribution in [0.5, 0.6) is 0 Å². The molecule has 2 aromatic rings. The Kier molecular flexibility index (Phi) is 4.76. The molecule has 2 rings (SSSR count). The Morgan fingerprint density at radius 1 is 1.28 bits per heavy atom. The van der Waals surface area contributed by atoms with E-state index >= 15 is 0 Å². The van der Waals surface area contributed by atoms with E-state index in [1.54, 1.807) is 6.33 Å². The Labute approximate surface area is 113 Å². The molecule has 0 spiro atoms. The predicted octanol–water partition coefficient (Wildman–Crippen LogP) is 3.25. The van der Waals surface area contributed by atoms with E-state index < -0.39 is 0 Å². The van der Waals surface area contributed by atoms with Crippen LogP contribution in [0.1, 0.15) is 30.7 Å². The minimum absolute atomic E-state index is 0.299. The first-order valence-electron chi connectivity index (χ1n) is 6.32. The van der Waals surface area contributed by atoms with Crippen molar-refractivity contribution in [1.29, 1.82) is 0 Å². The van der Waals surface area contributed by atoms with Gasteiger partial charge in [0, 0.05) is 24.8 Å². The maximum Gasteiger partial charge on any atom is 0.138 e. The Hall–Kier alpha value is -1.35. The summed E-state index contributed by atoms with van der Waals surface area (Å²) >= 11 is 6.09. The van der Waals surface area contributed by atoms with Crippen molar-refractivity contribution < 1.29 is 0 Å². The largest absolute Gasteiger partial charge is 0.250 e. The van der Waals surface area contributed by atoms with Crippen molar-refractivity contribution in [3.63, 3.8) is 0 Å². The lowest BCUT2D eigenvalue weighted by molar-refractivity contribution is 0.554. The van der Waals surface area contributed by atoms with Gasteiger partial charge in [0.2, 0.25) is 0 Å². The summed E-state index contributed by atoms with van der Waals surface area (Å²) in [6.07, 6.45) is 3.53. The van der Waals surface area contributed by atoms with E-state index in [1.807, 2.05) is 22.9 Å². The van der Waals surface area contributed by atoms with Gasteiger partial charge in [0.1, 0.15) is 12.2 Å². The van der Waals surface area contributed by atoms with E-state index in [1.165, 1.54) is 5.56 Å². The standard InChI is InChI=1S/C14H18ClN3/c1-2-8-18-14(16-11-17-18)9-13(10-15)12-6-4-3-5-7-12/h3-7,11,13H,2,8-10H2,1H3. The molecule has 1 unspecified atom stereocenters. The topological polar surface area (TPSA) is 30.7 Å². The summed E-state index contributed by atoms with van der Waals surface area (Å²) in [5.74, 6) is 1.92. The van der Waals surface area contributed by atoms with Crippen LogP contribution in [0.25, 0.3) is 0 Å². The minimum Gasteiger partial charge on any atom is -0.250 e. The molecule has 0 bridgehead atoms. The molecule has 0 saturated carbocycles. The molecule has 18 heavy (non-hydrogen) atoms. The van der Waals surface area contributed by atoms with Gasteiger partial charge >= 0.3 is 0 Å². The van der Waals surface area contributed by atoms with Gasteiger partial charge in [-0.1, -0.05) is 37.3 Å². The first-order valence-corrected chi connectivity index (χ1v) is 6.86. The smallest absolute Gasteiger partial charge is 0.138 e. The highest BCUT2D eigenvalue weighted by molar-refractivity contribution is 6.18. The zero-order valence-corrected chi connectivity index (χ0v) is 11.3. The third-order valence-electron chi connectivity index (χ3n) is 3.02. The van der Waals surface area contributed by atoms with Gasteiger partial charge in [-0.15, -0.1) is 11.6 Å². The van der Waals surface area contributed by atoms with Gasteiger partial charge in [0.15, 0.2) is 0 Å². The summed E-state index contributed by atoms with van der Waals surface area (Å²) in [5.41, 5.74) is 1.26. The zero-order chi connectivity index (χ0) is 12.8. The molecular formula is C14H18ClN3. The third kappa shape index (κ3) is 3.10. The average molecular weight is 264 g/mol. The Balaban J connectivity index is 2.13. The van der Waals surface area contributed by atoms with Gasteiger partial charge in [-0.05, 0) is 12.0 Å². The normalized spacial score (nSPS) is 12.6. The van der Waals surface area contributed by atoms with E-state index in [2.05, 4.69) is 29.1 Å². The molecular weight excluding hydrogens is 246 g/mol. The van der Waals surface area contributed by atoms with Crippen LogP contribution in [0.4, 0.5) is 0 Å². The minimum atomic E-state index is 0.299. The molecule has 1 atom stereocenters. The van der Waals surface area contributed by atoms with Gasteiger partial charge in [0.05, 0.1) is 0 Å². The number of benzene rings is 1. The lowest BCUT2D eigenvalue weighted by Crippen LogP contribution is -2.11. The highest BCUT2D eigenvalue weighted by atomic mass is 35.5. The molecule has 0 aliphatic rings. The Morgan fingerprint density at radius 2 is 2.06 bits per heavy atom. The van der Waals surface area contributed by atoms with Crippen LogP contribution in [0.3, 0.4) is 0 Å². The van der Waals surface area contributed by atoms with Crippen LogP contribution in [0.2, 0.25) is 0 Å². The highest BCUT2D eigenvalue weighted by Gasteiger charge is 2.14. The fraction of sp³-hybridized carbons (Fsp3) is 0.429. The van der Waals surface area contributed by atoms with Gasteiger partial charge in [-0.25, -0.2) is 4.98 Å². The third-order valence-corrected chi connectivity index (χ3v) is 3.39. The molecule has 96 valence electrons. The van der Waals surface area contributed by atoms with Gasteiger partial charge in [-0.3, -0.25) is 4.68 Å². The summed E-state index contributed by atoms with van der Waals surface area (Å²) in [5, 5.41) is 4.25. The number of rotatable bonds is 6. The summed E-state index contributed by atoms with van der Waals surface area (Å²) in [6, 6.07) is 10.4.